The first-order valence-corrected chi connectivity index (χ1v) is 20.1. The Morgan fingerprint density at radius 1 is 0.615 bits per heavy atom. The van der Waals surface area contributed by atoms with E-state index in [1.165, 1.54) is 82.0 Å². The molecule has 3 aromatic carbocycles. The van der Waals surface area contributed by atoms with E-state index in [2.05, 4.69) is 26.0 Å². The van der Waals surface area contributed by atoms with Crippen molar-refractivity contribution in [2.75, 3.05) is 13.2 Å². The summed E-state index contributed by atoms with van der Waals surface area (Å²) in [5.74, 6) is 0.838. The standard InChI is InChI=1S/C44H54O7S/c1-4-6-8-10-12-13-15-17-29-48-35-22-18-33(19-23-35)34-20-24-36(25-21-34)49-44(46)41-31-40-42(52-41)38-27-26-37(30-39(38)51-40)50-43(45)32(3)47-28-16-14-11-9-7-5-2/h18-27,30-32H,4-17,28-29H2,1-3H3. The highest BCUT2D eigenvalue weighted by atomic mass is 32.1. The molecule has 5 aromatic rings. The SMILES string of the molecule is CCCCCCCCCCOc1ccc(-c2ccc(OC(=O)c3cc4oc5cc(OC(=O)C(C)OCCCCCCCC)ccc5c4s3)cc2)cc1. The highest BCUT2D eigenvalue weighted by Crippen LogP contribution is 2.37. The number of thiophene rings is 1. The second kappa shape index (κ2) is 20.8. The van der Waals surface area contributed by atoms with Gasteiger partial charge in [-0.3, -0.25) is 0 Å². The van der Waals surface area contributed by atoms with E-state index in [0.29, 0.717) is 34.1 Å². The molecule has 0 fully saturated rings. The molecule has 2 heterocycles. The Bertz CT molecular complexity index is 1820. The third kappa shape index (κ3) is 11.7. The Labute approximate surface area is 312 Å². The van der Waals surface area contributed by atoms with Gasteiger partial charge in [-0.05, 0) is 67.3 Å². The molecule has 0 spiro atoms. The topological polar surface area (TPSA) is 84.2 Å². The van der Waals surface area contributed by atoms with Gasteiger partial charge < -0.3 is 23.4 Å². The zero-order valence-electron chi connectivity index (χ0n) is 31.1. The highest BCUT2D eigenvalue weighted by Gasteiger charge is 2.20. The minimum Gasteiger partial charge on any atom is -0.494 e. The van der Waals surface area contributed by atoms with Gasteiger partial charge in [0.05, 0.1) is 11.3 Å². The summed E-state index contributed by atoms with van der Waals surface area (Å²) in [7, 11) is 0. The van der Waals surface area contributed by atoms with E-state index in [1.807, 2.05) is 30.3 Å². The molecule has 1 atom stereocenters. The maximum Gasteiger partial charge on any atom is 0.353 e. The number of benzene rings is 3. The van der Waals surface area contributed by atoms with Gasteiger partial charge in [0.2, 0.25) is 0 Å². The van der Waals surface area contributed by atoms with Crippen molar-refractivity contribution in [1.29, 1.82) is 0 Å². The van der Waals surface area contributed by atoms with E-state index in [4.69, 9.17) is 23.4 Å². The Balaban J connectivity index is 1.07. The van der Waals surface area contributed by atoms with Crippen LogP contribution in [0.25, 0.3) is 32.4 Å². The van der Waals surface area contributed by atoms with Crippen molar-refractivity contribution >= 4 is 44.5 Å². The summed E-state index contributed by atoms with van der Waals surface area (Å²) in [6, 6.07) is 22.6. The fourth-order valence-electron chi connectivity index (χ4n) is 6.15. The van der Waals surface area contributed by atoms with Crippen molar-refractivity contribution < 1.29 is 33.0 Å². The molecule has 0 aliphatic carbocycles. The third-order valence-corrected chi connectivity index (χ3v) is 10.4. The minimum atomic E-state index is -0.656. The fourth-order valence-corrected chi connectivity index (χ4v) is 7.14. The maximum atomic E-state index is 13.1. The van der Waals surface area contributed by atoms with Crippen LogP contribution in [-0.4, -0.2) is 31.3 Å². The lowest BCUT2D eigenvalue weighted by molar-refractivity contribution is -0.146. The lowest BCUT2D eigenvalue weighted by Crippen LogP contribution is -2.26. The molecule has 2 aromatic heterocycles. The third-order valence-electron chi connectivity index (χ3n) is 9.25. The molecular formula is C44H54O7S. The Morgan fingerprint density at radius 3 is 1.81 bits per heavy atom. The van der Waals surface area contributed by atoms with Gasteiger partial charge in [0.15, 0.2) is 6.10 Å². The lowest BCUT2D eigenvalue weighted by atomic mass is 10.1. The first-order chi connectivity index (χ1) is 25.4. The number of carbonyl (C=O) groups is 2. The van der Waals surface area contributed by atoms with Crippen molar-refractivity contribution in [2.24, 2.45) is 0 Å². The maximum absolute atomic E-state index is 13.1. The summed E-state index contributed by atoms with van der Waals surface area (Å²) in [5, 5.41) is 0.833. The molecule has 0 saturated carbocycles. The smallest absolute Gasteiger partial charge is 0.353 e. The number of ether oxygens (including phenoxy) is 4. The summed E-state index contributed by atoms with van der Waals surface area (Å²) < 4.78 is 29.8. The number of rotatable bonds is 23. The van der Waals surface area contributed by atoms with Crippen LogP contribution in [0.5, 0.6) is 17.2 Å². The van der Waals surface area contributed by atoms with Gasteiger partial charge >= 0.3 is 11.9 Å². The Hall–Kier alpha value is -4.14. The molecule has 8 heteroatoms. The van der Waals surface area contributed by atoms with Crippen LogP contribution in [0, 0.1) is 0 Å². The predicted octanol–water partition coefficient (Wildman–Crippen LogP) is 12.7. The van der Waals surface area contributed by atoms with Crippen molar-refractivity contribution in [3.63, 3.8) is 0 Å². The van der Waals surface area contributed by atoms with Crippen molar-refractivity contribution in [3.8, 4) is 28.4 Å². The van der Waals surface area contributed by atoms with Crippen LogP contribution in [-0.2, 0) is 9.53 Å². The van der Waals surface area contributed by atoms with Crippen LogP contribution in [0.2, 0.25) is 0 Å². The fraction of sp³-hybridized carbons (Fsp3) is 0.455. The van der Waals surface area contributed by atoms with E-state index in [1.54, 1.807) is 37.3 Å². The molecule has 0 amide bonds. The summed E-state index contributed by atoms with van der Waals surface area (Å²) in [4.78, 5) is 26.1. The number of furan rings is 1. The van der Waals surface area contributed by atoms with Crippen LogP contribution in [0.15, 0.2) is 77.2 Å². The van der Waals surface area contributed by atoms with E-state index in [9.17, 15) is 9.59 Å². The van der Waals surface area contributed by atoms with Gasteiger partial charge in [0, 0.05) is 24.1 Å². The summed E-state index contributed by atoms with van der Waals surface area (Å²) in [5.41, 5.74) is 3.24. The van der Waals surface area contributed by atoms with Crippen molar-refractivity contribution in [1.82, 2.24) is 0 Å². The zero-order chi connectivity index (χ0) is 36.5. The van der Waals surface area contributed by atoms with Gasteiger partial charge in [-0.25, -0.2) is 9.59 Å². The predicted molar refractivity (Wildman–Crippen MR) is 211 cm³/mol. The van der Waals surface area contributed by atoms with E-state index < -0.39 is 18.0 Å². The van der Waals surface area contributed by atoms with Crippen LogP contribution in [0.3, 0.4) is 0 Å². The van der Waals surface area contributed by atoms with E-state index in [-0.39, 0.29) is 0 Å². The molecule has 0 radical (unpaired) electrons. The van der Waals surface area contributed by atoms with Crippen molar-refractivity contribution in [3.05, 3.63) is 77.7 Å². The number of fused-ring (bicyclic) bond motifs is 3. The molecular weight excluding hydrogens is 673 g/mol. The largest absolute Gasteiger partial charge is 0.494 e. The first-order valence-electron chi connectivity index (χ1n) is 19.3. The Kier molecular flexibility index (Phi) is 15.6. The molecule has 0 N–H and O–H groups in total. The van der Waals surface area contributed by atoms with Gasteiger partial charge in [0.1, 0.15) is 33.3 Å². The summed E-state index contributed by atoms with van der Waals surface area (Å²) in [6.07, 6.45) is 16.6. The lowest BCUT2D eigenvalue weighted by Gasteiger charge is -2.12. The number of hydrogen-bond acceptors (Lipinski definition) is 8. The number of hydrogen-bond donors (Lipinski definition) is 0. The van der Waals surface area contributed by atoms with Crippen molar-refractivity contribution in [2.45, 2.75) is 117 Å². The first kappa shape index (κ1) is 39.1. The van der Waals surface area contributed by atoms with Gasteiger partial charge in [-0.15, -0.1) is 11.3 Å². The normalized spacial score (nSPS) is 12.0. The second-order valence-corrected chi connectivity index (χ2v) is 14.6. The van der Waals surface area contributed by atoms with Crippen LogP contribution in [0.4, 0.5) is 0 Å². The van der Waals surface area contributed by atoms with Gasteiger partial charge in [-0.1, -0.05) is 115 Å². The average Bonchev–Trinajstić information content (AvgIpc) is 3.72. The van der Waals surface area contributed by atoms with Gasteiger partial charge in [0.25, 0.3) is 0 Å². The molecule has 0 aliphatic rings. The minimum absolute atomic E-state index is 0.385. The van der Waals surface area contributed by atoms with Crippen LogP contribution < -0.4 is 14.2 Å². The molecule has 278 valence electrons. The monoisotopic (exact) mass is 726 g/mol. The van der Waals surface area contributed by atoms with Crippen LogP contribution >= 0.6 is 11.3 Å². The summed E-state index contributed by atoms with van der Waals surface area (Å²) in [6.45, 7) is 7.45. The second-order valence-electron chi connectivity index (χ2n) is 13.5. The number of esters is 2. The van der Waals surface area contributed by atoms with E-state index >= 15 is 0 Å². The molecule has 5 rings (SSSR count). The molecule has 0 saturated heterocycles. The van der Waals surface area contributed by atoms with Gasteiger partial charge in [-0.2, -0.15) is 0 Å². The average molecular weight is 727 g/mol. The molecule has 0 bridgehead atoms. The molecule has 0 aliphatic heterocycles. The number of unbranched alkanes of at least 4 members (excludes halogenated alkanes) is 12. The molecule has 52 heavy (non-hydrogen) atoms. The number of carbonyl (C=O) groups excluding carboxylic acids is 2. The highest BCUT2D eigenvalue weighted by molar-refractivity contribution is 7.21. The molecule has 7 nitrogen and oxygen atoms in total. The molecule has 1 unspecified atom stereocenters. The zero-order valence-corrected chi connectivity index (χ0v) is 31.9. The quantitative estimate of drug-likeness (QED) is 0.0376. The van der Waals surface area contributed by atoms with E-state index in [0.717, 1.165) is 52.8 Å². The van der Waals surface area contributed by atoms with Crippen LogP contribution in [0.1, 0.15) is 120 Å². The Morgan fingerprint density at radius 2 is 1.17 bits per heavy atom. The summed E-state index contributed by atoms with van der Waals surface area (Å²) >= 11 is 1.31.